The van der Waals surface area contributed by atoms with Crippen molar-refractivity contribution in [3.8, 4) is 0 Å². The van der Waals surface area contributed by atoms with Crippen LogP contribution in [0.1, 0.15) is 18.1 Å². The fraction of sp³-hybridized carbons (Fsp3) is 0.400. The molecule has 0 aliphatic rings. The number of ether oxygens (including phenoxy) is 1. The maximum absolute atomic E-state index is 10.9. The number of rotatable bonds is 6. The number of aliphatic hydroxyl groups is 1. The van der Waals surface area contributed by atoms with E-state index in [2.05, 4.69) is 4.98 Å². The number of aromatic nitrogens is 1. The number of aliphatic carboxylic acids is 1. The minimum absolute atomic E-state index is 0.0145. The second kappa shape index (κ2) is 6.10. The van der Waals surface area contributed by atoms with Crippen LogP contribution in [0.15, 0.2) is 24.5 Å². The molecular formula is C10H13NO4. The quantitative estimate of drug-likeness (QED) is 0.674. The number of pyridine rings is 1. The van der Waals surface area contributed by atoms with Crippen molar-refractivity contribution in [1.82, 2.24) is 4.98 Å². The van der Waals surface area contributed by atoms with Gasteiger partial charge in [-0.25, -0.2) is 4.79 Å². The molecule has 5 nitrogen and oxygen atoms in total. The Labute approximate surface area is 87.3 Å². The lowest BCUT2D eigenvalue weighted by Gasteiger charge is -2.12. The van der Waals surface area contributed by atoms with E-state index in [-0.39, 0.29) is 13.2 Å². The number of carboxylic acid groups (broad SMARTS) is 1. The number of aliphatic hydroxyl groups excluding tert-OH is 1. The van der Waals surface area contributed by atoms with Crippen LogP contribution in [0.2, 0.25) is 0 Å². The van der Waals surface area contributed by atoms with Crippen LogP contribution in [-0.4, -0.2) is 34.4 Å². The molecule has 0 amide bonds. The molecule has 1 heterocycles. The van der Waals surface area contributed by atoms with Crippen LogP contribution < -0.4 is 0 Å². The average molecular weight is 211 g/mol. The smallest absolute Gasteiger partial charge is 0.337 e. The van der Waals surface area contributed by atoms with Gasteiger partial charge >= 0.3 is 5.97 Å². The van der Waals surface area contributed by atoms with Crippen LogP contribution in [0.3, 0.4) is 0 Å². The third-order valence-corrected chi connectivity index (χ3v) is 1.80. The van der Waals surface area contributed by atoms with E-state index in [1.165, 1.54) is 6.20 Å². The molecule has 0 spiro atoms. The summed E-state index contributed by atoms with van der Waals surface area (Å²) >= 11 is 0. The van der Waals surface area contributed by atoms with Gasteiger partial charge in [-0.15, -0.1) is 0 Å². The van der Waals surface area contributed by atoms with Crippen LogP contribution >= 0.6 is 0 Å². The summed E-state index contributed by atoms with van der Waals surface area (Å²) in [6.45, 7) is 0.196. The molecule has 0 saturated heterocycles. The molecule has 0 fully saturated rings. The highest BCUT2D eigenvalue weighted by atomic mass is 16.5. The molecule has 0 radical (unpaired) electrons. The van der Waals surface area contributed by atoms with Gasteiger partial charge in [0.15, 0.2) is 6.10 Å². The SMILES string of the molecule is O=C(O)C(OCCCO)c1cccnc1. The number of hydrogen-bond acceptors (Lipinski definition) is 4. The first kappa shape index (κ1) is 11.6. The van der Waals surface area contributed by atoms with E-state index in [0.717, 1.165) is 0 Å². The maximum atomic E-state index is 10.9. The molecule has 1 aromatic heterocycles. The maximum Gasteiger partial charge on any atom is 0.337 e. The summed E-state index contributed by atoms with van der Waals surface area (Å²) < 4.78 is 5.13. The zero-order valence-corrected chi connectivity index (χ0v) is 8.17. The minimum atomic E-state index is -1.05. The summed E-state index contributed by atoms with van der Waals surface area (Å²) in [5, 5.41) is 17.5. The molecule has 5 heteroatoms. The summed E-state index contributed by atoms with van der Waals surface area (Å²) in [6.07, 6.45) is 2.43. The molecule has 0 bridgehead atoms. The van der Waals surface area contributed by atoms with E-state index in [9.17, 15) is 4.79 Å². The predicted octanol–water partition coefficient (Wildman–Crippen LogP) is 0.606. The van der Waals surface area contributed by atoms with Gasteiger partial charge in [0.1, 0.15) is 0 Å². The largest absolute Gasteiger partial charge is 0.479 e. The zero-order valence-electron chi connectivity index (χ0n) is 8.17. The number of carboxylic acids is 1. The van der Waals surface area contributed by atoms with Crippen molar-refractivity contribution < 1.29 is 19.7 Å². The highest BCUT2D eigenvalue weighted by Gasteiger charge is 2.20. The van der Waals surface area contributed by atoms with Crippen molar-refractivity contribution in [2.75, 3.05) is 13.2 Å². The Morgan fingerprint density at radius 3 is 2.93 bits per heavy atom. The Kier molecular flexibility index (Phi) is 4.73. The van der Waals surface area contributed by atoms with E-state index >= 15 is 0 Å². The third kappa shape index (κ3) is 3.65. The molecule has 0 saturated carbocycles. The van der Waals surface area contributed by atoms with Gasteiger partial charge in [0.25, 0.3) is 0 Å². The summed E-state index contributed by atoms with van der Waals surface area (Å²) in [5.41, 5.74) is 0.503. The molecule has 0 aliphatic heterocycles. The van der Waals surface area contributed by atoms with Crippen LogP contribution in [0, 0.1) is 0 Å². The van der Waals surface area contributed by atoms with Crippen molar-refractivity contribution in [1.29, 1.82) is 0 Å². The van der Waals surface area contributed by atoms with Gasteiger partial charge in [0, 0.05) is 24.6 Å². The van der Waals surface area contributed by atoms with Gasteiger partial charge in [-0.05, 0) is 12.5 Å². The van der Waals surface area contributed by atoms with E-state index in [1.807, 2.05) is 0 Å². The second-order valence-electron chi connectivity index (χ2n) is 2.95. The molecule has 1 unspecified atom stereocenters. The molecule has 82 valence electrons. The molecule has 0 aromatic carbocycles. The van der Waals surface area contributed by atoms with E-state index in [1.54, 1.807) is 18.3 Å². The van der Waals surface area contributed by atoms with Gasteiger partial charge in [-0.2, -0.15) is 0 Å². The van der Waals surface area contributed by atoms with Crippen molar-refractivity contribution in [2.24, 2.45) is 0 Å². The Balaban J connectivity index is 2.62. The first-order valence-corrected chi connectivity index (χ1v) is 4.61. The molecule has 1 atom stereocenters. The first-order valence-electron chi connectivity index (χ1n) is 4.61. The minimum Gasteiger partial charge on any atom is -0.479 e. The van der Waals surface area contributed by atoms with E-state index in [0.29, 0.717) is 12.0 Å². The van der Waals surface area contributed by atoms with Crippen LogP contribution in [0.25, 0.3) is 0 Å². The predicted molar refractivity (Wildman–Crippen MR) is 52.3 cm³/mol. The Morgan fingerprint density at radius 1 is 1.60 bits per heavy atom. The van der Waals surface area contributed by atoms with E-state index in [4.69, 9.17) is 14.9 Å². The number of hydrogen-bond donors (Lipinski definition) is 2. The monoisotopic (exact) mass is 211 g/mol. The standard InChI is InChI=1S/C10H13NO4/c12-5-2-6-15-9(10(13)14)8-3-1-4-11-7-8/h1,3-4,7,9,12H,2,5-6H2,(H,13,14). The number of carbonyl (C=O) groups is 1. The fourth-order valence-electron chi connectivity index (χ4n) is 1.11. The Morgan fingerprint density at radius 2 is 2.40 bits per heavy atom. The molecule has 0 aliphatic carbocycles. The second-order valence-corrected chi connectivity index (χ2v) is 2.95. The van der Waals surface area contributed by atoms with Gasteiger partial charge < -0.3 is 14.9 Å². The Bertz CT molecular complexity index is 302. The lowest BCUT2D eigenvalue weighted by atomic mass is 10.1. The lowest BCUT2D eigenvalue weighted by Crippen LogP contribution is -2.16. The number of nitrogens with zero attached hydrogens (tertiary/aromatic N) is 1. The Hall–Kier alpha value is -1.46. The summed E-state index contributed by atoms with van der Waals surface area (Å²) in [4.78, 5) is 14.7. The molecular weight excluding hydrogens is 198 g/mol. The van der Waals surface area contributed by atoms with Gasteiger partial charge in [0.05, 0.1) is 6.61 Å². The van der Waals surface area contributed by atoms with Crippen molar-refractivity contribution in [2.45, 2.75) is 12.5 Å². The van der Waals surface area contributed by atoms with Crippen molar-refractivity contribution in [3.05, 3.63) is 30.1 Å². The van der Waals surface area contributed by atoms with Gasteiger partial charge in [-0.3, -0.25) is 4.98 Å². The van der Waals surface area contributed by atoms with Crippen molar-refractivity contribution in [3.63, 3.8) is 0 Å². The summed E-state index contributed by atoms with van der Waals surface area (Å²) in [6, 6.07) is 3.30. The van der Waals surface area contributed by atoms with Crippen LogP contribution in [0.5, 0.6) is 0 Å². The highest BCUT2D eigenvalue weighted by molar-refractivity contribution is 5.74. The van der Waals surface area contributed by atoms with Gasteiger partial charge in [0.2, 0.25) is 0 Å². The average Bonchev–Trinajstić information content (AvgIpc) is 2.25. The molecule has 2 N–H and O–H groups in total. The van der Waals surface area contributed by atoms with Gasteiger partial charge in [-0.1, -0.05) is 6.07 Å². The van der Waals surface area contributed by atoms with Crippen molar-refractivity contribution >= 4 is 5.97 Å². The van der Waals surface area contributed by atoms with E-state index < -0.39 is 12.1 Å². The normalized spacial score (nSPS) is 12.3. The lowest BCUT2D eigenvalue weighted by molar-refractivity contribution is -0.151. The molecule has 1 rings (SSSR count). The zero-order chi connectivity index (χ0) is 11.1. The third-order valence-electron chi connectivity index (χ3n) is 1.80. The topological polar surface area (TPSA) is 79.7 Å². The van der Waals surface area contributed by atoms with Crippen LogP contribution in [-0.2, 0) is 9.53 Å². The summed E-state index contributed by atoms with van der Waals surface area (Å²) in [5.74, 6) is -1.05. The first-order chi connectivity index (χ1) is 7.25. The van der Waals surface area contributed by atoms with Crippen LogP contribution in [0.4, 0.5) is 0 Å². The molecule has 1 aromatic rings. The molecule has 15 heavy (non-hydrogen) atoms. The fourth-order valence-corrected chi connectivity index (χ4v) is 1.11. The summed E-state index contributed by atoms with van der Waals surface area (Å²) in [7, 11) is 0. The highest BCUT2D eigenvalue weighted by Crippen LogP contribution is 2.16.